The highest BCUT2D eigenvalue weighted by Gasteiger charge is 2.45. The Labute approximate surface area is 206 Å². The number of rotatable bonds is 2. The lowest BCUT2D eigenvalue weighted by atomic mass is 9.96. The van der Waals surface area contributed by atoms with Gasteiger partial charge in [0, 0.05) is 6.42 Å². The predicted octanol–water partition coefficient (Wildman–Crippen LogP) is 3.56. The van der Waals surface area contributed by atoms with E-state index in [1.54, 1.807) is 39.0 Å². The number of piperidine rings is 1. The molecule has 2 aromatic rings. The molecule has 0 aliphatic carbocycles. The van der Waals surface area contributed by atoms with Gasteiger partial charge in [0.2, 0.25) is 11.8 Å². The van der Waals surface area contributed by atoms with Gasteiger partial charge in [0.15, 0.2) is 0 Å². The van der Waals surface area contributed by atoms with Gasteiger partial charge in [0.05, 0.1) is 28.1 Å². The molecule has 36 heavy (non-hydrogen) atoms. The molecule has 10 nitrogen and oxygen atoms in total. The Morgan fingerprint density at radius 1 is 0.917 bits per heavy atom. The van der Waals surface area contributed by atoms with E-state index in [4.69, 9.17) is 4.74 Å². The summed E-state index contributed by atoms with van der Waals surface area (Å²) in [5, 5.41) is 10.9. The van der Waals surface area contributed by atoms with Crippen molar-refractivity contribution in [3.8, 4) is 0 Å². The lowest BCUT2D eigenvalue weighted by Gasteiger charge is -2.27. The Balaban J connectivity index is 1.45. The van der Waals surface area contributed by atoms with Crippen molar-refractivity contribution >= 4 is 41.0 Å². The maximum Gasteiger partial charge on any atom is 0.338 e. The van der Waals surface area contributed by atoms with Crippen LogP contribution >= 0.6 is 0 Å². The average molecular weight is 489 g/mol. The maximum atomic E-state index is 13.1. The number of carbonyl (C=O) groups excluding carboxylic acids is 5. The van der Waals surface area contributed by atoms with Crippen LogP contribution in [0.25, 0.3) is 0 Å². The third-order valence-corrected chi connectivity index (χ3v) is 6.29. The number of carbonyl (C=O) groups is 5. The quantitative estimate of drug-likeness (QED) is 0.507. The van der Waals surface area contributed by atoms with E-state index < -0.39 is 41.2 Å². The Bertz CT molecular complexity index is 1390. The van der Waals surface area contributed by atoms with Crippen LogP contribution in [0.1, 0.15) is 75.8 Å². The summed E-state index contributed by atoms with van der Waals surface area (Å²) in [6.45, 7) is 5.38. The van der Waals surface area contributed by atoms with Gasteiger partial charge in [-0.15, -0.1) is 0 Å². The van der Waals surface area contributed by atoms with Crippen molar-refractivity contribution in [1.29, 1.82) is 0 Å². The summed E-state index contributed by atoms with van der Waals surface area (Å²) in [6.07, 6.45) is 1.25. The first-order chi connectivity index (χ1) is 17.0. The van der Waals surface area contributed by atoms with E-state index in [2.05, 4.69) is 15.5 Å². The van der Waals surface area contributed by atoms with Crippen LogP contribution in [0.2, 0.25) is 0 Å². The zero-order valence-electron chi connectivity index (χ0n) is 20.1. The molecule has 1 saturated heterocycles. The van der Waals surface area contributed by atoms with Crippen LogP contribution in [0.4, 0.5) is 11.4 Å². The first-order valence-electron chi connectivity index (χ1n) is 11.7. The van der Waals surface area contributed by atoms with Gasteiger partial charge >= 0.3 is 5.97 Å². The molecule has 0 spiro atoms. The molecule has 4 amide bonds. The number of hydrogen-bond acceptors (Lipinski definition) is 8. The maximum absolute atomic E-state index is 13.1. The highest BCUT2D eigenvalue weighted by atomic mass is 16.6. The van der Waals surface area contributed by atoms with Crippen molar-refractivity contribution in [2.45, 2.75) is 58.1 Å². The molecule has 184 valence electrons. The zero-order valence-corrected chi connectivity index (χ0v) is 20.1. The molecular weight excluding hydrogens is 464 g/mol. The molecule has 3 heterocycles. The second-order valence-electron chi connectivity index (χ2n) is 10.0. The molecule has 5 rings (SSSR count). The zero-order chi connectivity index (χ0) is 25.8. The number of benzene rings is 2. The summed E-state index contributed by atoms with van der Waals surface area (Å²) in [7, 11) is 0. The van der Waals surface area contributed by atoms with Crippen LogP contribution in [0, 0.1) is 0 Å². The van der Waals surface area contributed by atoms with Gasteiger partial charge < -0.3 is 4.74 Å². The normalized spacial score (nSPS) is 20.1. The summed E-state index contributed by atoms with van der Waals surface area (Å²) in [5.41, 5.74) is 2.66. The molecule has 3 aliphatic rings. The molecule has 0 aromatic heterocycles. The standard InChI is InChI=1S/C26H24N4O6/c1-26(2,3)36-25(35)15-7-5-13-4-6-14-10-16-17(12-19(14)29-28-18(13)11-15)24(34)30(23(16)33)20-8-9-21(31)27-22(20)32/h5,7,10-12,20H,4,6,8-9H2,1-3H3,(H,27,31,32)/b29-28-. The van der Waals surface area contributed by atoms with Crippen molar-refractivity contribution in [1.82, 2.24) is 10.2 Å². The molecule has 1 N–H and O–H groups in total. The number of aryl methyl sites for hydroxylation is 2. The van der Waals surface area contributed by atoms with E-state index in [0.717, 1.165) is 16.0 Å². The third-order valence-electron chi connectivity index (χ3n) is 6.29. The first-order valence-corrected chi connectivity index (χ1v) is 11.7. The van der Waals surface area contributed by atoms with Crippen LogP contribution in [-0.2, 0) is 27.2 Å². The minimum absolute atomic E-state index is 0.0536. The molecule has 10 heteroatoms. The van der Waals surface area contributed by atoms with Gasteiger partial charge in [0.1, 0.15) is 11.6 Å². The van der Waals surface area contributed by atoms with Crippen molar-refractivity contribution in [3.05, 3.63) is 58.1 Å². The first kappa shape index (κ1) is 23.5. The molecular formula is C26H24N4O6. The Morgan fingerprint density at radius 3 is 2.22 bits per heavy atom. The monoisotopic (exact) mass is 488 g/mol. The Hall–Kier alpha value is -4.21. The second kappa shape index (κ2) is 8.47. The van der Waals surface area contributed by atoms with Crippen LogP contribution < -0.4 is 5.32 Å². The van der Waals surface area contributed by atoms with Crippen molar-refractivity contribution < 1.29 is 28.7 Å². The van der Waals surface area contributed by atoms with Gasteiger partial charge in [0.25, 0.3) is 11.8 Å². The van der Waals surface area contributed by atoms with Crippen molar-refractivity contribution in [2.24, 2.45) is 10.2 Å². The average Bonchev–Trinajstić information content (AvgIpc) is 3.03. The molecule has 1 unspecified atom stereocenters. The fourth-order valence-electron chi connectivity index (χ4n) is 4.55. The van der Waals surface area contributed by atoms with E-state index in [1.165, 1.54) is 6.07 Å². The van der Waals surface area contributed by atoms with E-state index in [1.807, 2.05) is 6.07 Å². The predicted molar refractivity (Wildman–Crippen MR) is 126 cm³/mol. The van der Waals surface area contributed by atoms with Gasteiger partial charge in [-0.2, -0.15) is 10.2 Å². The van der Waals surface area contributed by atoms with Gasteiger partial charge in [-0.3, -0.25) is 29.4 Å². The number of ether oxygens (including phenoxy) is 1. The molecule has 0 bridgehead atoms. The summed E-state index contributed by atoms with van der Waals surface area (Å²) < 4.78 is 5.44. The van der Waals surface area contributed by atoms with Gasteiger partial charge in [-0.1, -0.05) is 6.07 Å². The lowest BCUT2D eigenvalue weighted by Crippen LogP contribution is -2.54. The van der Waals surface area contributed by atoms with Crippen LogP contribution in [0.3, 0.4) is 0 Å². The van der Waals surface area contributed by atoms with E-state index in [-0.39, 0.29) is 24.0 Å². The highest BCUT2D eigenvalue weighted by Crippen LogP contribution is 2.36. The molecule has 2 aromatic carbocycles. The van der Waals surface area contributed by atoms with Gasteiger partial charge in [-0.25, -0.2) is 4.79 Å². The molecule has 0 radical (unpaired) electrons. The minimum Gasteiger partial charge on any atom is -0.456 e. The number of fused-ring (bicyclic) bond motifs is 3. The van der Waals surface area contributed by atoms with E-state index in [9.17, 15) is 24.0 Å². The van der Waals surface area contributed by atoms with Crippen LogP contribution in [0.5, 0.6) is 0 Å². The van der Waals surface area contributed by atoms with Crippen LogP contribution in [0.15, 0.2) is 40.6 Å². The van der Waals surface area contributed by atoms with Gasteiger partial charge in [-0.05, 0) is 75.4 Å². The number of nitrogens with zero attached hydrogens (tertiary/aromatic N) is 3. The van der Waals surface area contributed by atoms with Crippen molar-refractivity contribution in [3.63, 3.8) is 0 Å². The number of imide groups is 2. The second-order valence-corrected chi connectivity index (χ2v) is 10.0. The third kappa shape index (κ3) is 4.19. The largest absolute Gasteiger partial charge is 0.456 e. The fourth-order valence-corrected chi connectivity index (χ4v) is 4.55. The molecule has 3 aliphatic heterocycles. The summed E-state index contributed by atoms with van der Waals surface area (Å²) >= 11 is 0. The summed E-state index contributed by atoms with van der Waals surface area (Å²) in [6, 6.07) is 7.25. The lowest BCUT2D eigenvalue weighted by molar-refractivity contribution is -0.136. The Kier molecular flexibility index (Phi) is 5.54. The summed E-state index contributed by atoms with van der Waals surface area (Å²) in [4.78, 5) is 63.5. The topological polar surface area (TPSA) is 135 Å². The smallest absolute Gasteiger partial charge is 0.338 e. The molecule has 1 fully saturated rings. The fraction of sp³-hybridized carbons (Fsp3) is 0.346. The SMILES string of the molecule is CC(C)(C)OC(=O)c1ccc2c(c1)/N=N\c1cc3c(cc1CC2)C(=O)N(C1CCC(=O)NC1=O)C3=O. The number of hydrogen-bond donors (Lipinski definition) is 1. The number of amides is 4. The Morgan fingerprint density at radius 2 is 1.56 bits per heavy atom. The molecule has 1 atom stereocenters. The number of azo groups is 1. The minimum atomic E-state index is -1.03. The summed E-state index contributed by atoms with van der Waals surface area (Å²) in [5.74, 6) is -2.70. The highest BCUT2D eigenvalue weighted by molar-refractivity contribution is 6.23. The molecule has 0 saturated carbocycles. The number of nitrogens with one attached hydrogen (secondary N) is 1. The number of esters is 1. The van der Waals surface area contributed by atoms with E-state index >= 15 is 0 Å². The van der Waals surface area contributed by atoms with Crippen LogP contribution in [-0.4, -0.2) is 46.1 Å². The van der Waals surface area contributed by atoms with Crippen molar-refractivity contribution in [2.75, 3.05) is 0 Å². The van der Waals surface area contributed by atoms with E-state index in [0.29, 0.717) is 29.8 Å².